The Morgan fingerprint density at radius 1 is 1.29 bits per heavy atom. The van der Waals surface area contributed by atoms with Gasteiger partial charge in [0, 0.05) is 0 Å². The Balaban J connectivity index is 3.69. The van der Waals surface area contributed by atoms with Crippen molar-refractivity contribution in [2.24, 2.45) is 0 Å². The SMILES string of the molecule is C=CCOc1c([Si](C)(C)Cl)ccc([SiH](C)C)c1C(C)(C)C. The van der Waals surface area contributed by atoms with Crippen molar-refractivity contribution in [3.05, 3.63) is 30.4 Å². The number of ether oxygens (including phenoxy) is 1. The highest BCUT2D eigenvalue weighted by molar-refractivity contribution is 7.26. The number of hydrogen-bond acceptors (Lipinski definition) is 1. The van der Waals surface area contributed by atoms with E-state index in [0.717, 1.165) is 5.75 Å². The summed E-state index contributed by atoms with van der Waals surface area (Å²) in [6.45, 7) is 20.1. The topological polar surface area (TPSA) is 9.23 Å². The van der Waals surface area contributed by atoms with Crippen molar-refractivity contribution in [2.75, 3.05) is 6.61 Å². The van der Waals surface area contributed by atoms with E-state index in [1.807, 2.05) is 0 Å². The molecule has 0 fully saturated rings. The normalized spacial score (nSPS) is 12.6. The second-order valence-electron chi connectivity index (χ2n) is 7.38. The van der Waals surface area contributed by atoms with Crippen LogP contribution in [0.3, 0.4) is 0 Å². The molecule has 0 aromatic heterocycles. The average molecular weight is 341 g/mol. The highest BCUT2D eigenvalue weighted by Crippen LogP contribution is 2.31. The summed E-state index contributed by atoms with van der Waals surface area (Å²) < 4.78 is 6.12. The van der Waals surface area contributed by atoms with Crippen LogP contribution in [-0.4, -0.2) is 22.8 Å². The maximum absolute atomic E-state index is 6.74. The van der Waals surface area contributed by atoms with Crippen molar-refractivity contribution in [1.82, 2.24) is 0 Å². The van der Waals surface area contributed by atoms with Gasteiger partial charge in [-0.15, -0.1) is 0 Å². The molecule has 4 heteroatoms. The zero-order valence-corrected chi connectivity index (χ0v) is 17.4. The molecule has 0 bridgehead atoms. The Labute approximate surface area is 137 Å². The van der Waals surface area contributed by atoms with Gasteiger partial charge in [0.15, 0.2) is 7.38 Å². The molecule has 0 N–H and O–H groups in total. The van der Waals surface area contributed by atoms with Crippen LogP contribution in [0.4, 0.5) is 0 Å². The zero-order valence-electron chi connectivity index (χ0n) is 14.5. The monoisotopic (exact) mass is 340 g/mol. The summed E-state index contributed by atoms with van der Waals surface area (Å²) in [6, 6.07) is 4.50. The van der Waals surface area contributed by atoms with E-state index in [2.05, 4.69) is 65.7 Å². The molecule has 1 aromatic carbocycles. The predicted octanol–water partition coefficient (Wildman–Crippen LogP) is 3.89. The predicted molar refractivity (Wildman–Crippen MR) is 102 cm³/mol. The molecule has 0 spiro atoms. The first-order valence-electron chi connectivity index (χ1n) is 7.60. The maximum atomic E-state index is 6.74. The minimum absolute atomic E-state index is 0.0512. The fraction of sp³-hybridized carbons (Fsp3) is 0.529. The minimum atomic E-state index is -1.97. The average Bonchev–Trinajstić information content (AvgIpc) is 2.32. The highest BCUT2D eigenvalue weighted by Gasteiger charge is 2.32. The lowest BCUT2D eigenvalue weighted by molar-refractivity contribution is 0.354. The van der Waals surface area contributed by atoms with E-state index in [4.69, 9.17) is 15.8 Å². The summed E-state index contributed by atoms with van der Waals surface area (Å²) >= 11 is 6.74. The first kappa shape index (κ1) is 18.5. The van der Waals surface area contributed by atoms with Gasteiger partial charge in [0.2, 0.25) is 0 Å². The Hall–Kier alpha value is -0.516. The van der Waals surface area contributed by atoms with Gasteiger partial charge in [-0.05, 0) is 16.2 Å². The quantitative estimate of drug-likeness (QED) is 0.449. The van der Waals surface area contributed by atoms with Crippen LogP contribution in [0, 0.1) is 0 Å². The lowest BCUT2D eigenvalue weighted by Gasteiger charge is -2.31. The third kappa shape index (κ3) is 4.47. The van der Waals surface area contributed by atoms with Gasteiger partial charge in [-0.2, -0.15) is 11.1 Å². The molecule has 1 aromatic rings. The number of rotatable bonds is 5. The van der Waals surface area contributed by atoms with Gasteiger partial charge in [0.1, 0.15) is 12.4 Å². The van der Waals surface area contributed by atoms with Gasteiger partial charge < -0.3 is 4.74 Å². The highest BCUT2D eigenvalue weighted by atomic mass is 35.6. The molecular weight excluding hydrogens is 312 g/mol. The van der Waals surface area contributed by atoms with Crippen molar-refractivity contribution in [1.29, 1.82) is 0 Å². The molecule has 0 saturated heterocycles. The molecule has 0 unspecified atom stereocenters. The van der Waals surface area contributed by atoms with Crippen LogP contribution >= 0.6 is 11.1 Å². The lowest BCUT2D eigenvalue weighted by Crippen LogP contribution is -2.42. The second-order valence-corrected chi connectivity index (χ2v) is 16.6. The van der Waals surface area contributed by atoms with Crippen molar-refractivity contribution >= 4 is 37.6 Å². The fourth-order valence-electron chi connectivity index (χ4n) is 2.61. The van der Waals surface area contributed by atoms with Crippen LogP contribution in [0.2, 0.25) is 26.2 Å². The van der Waals surface area contributed by atoms with Crippen LogP contribution in [0.15, 0.2) is 24.8 Å². The van der Waals surface area contributed by atoms with E-state index < -0.39 is 16.2 Å². The van der Waals surface area contributed by atoms with Gasteiger partial charge >= 0.3 is 0 Å². The van der Waals surface area contributed by atoms with Crippen molar-refractivity contribution in [3.63, 3.8) is 0 Å². The zero-order chi connectivity index (χ0) is 16.4. The van der Waals surface area contributed by atoms with E-state index in [1.54, 1.807) is 6.08 Å². The van der Waals surface area contributed by atoms with Crippen LogP contribution in [0.5, 0.6) is 5.75 Å². The van der Waals surface area contributed by atoms with E-state index in [9.17, 15) is 0 Å². The van der Waals surface area contributed by atoms with Crippen LogP contribution in [0.1, 0.15) is 26.3 Å². The second kappa shape index (κ2) is 6.72. The van der Waals surface area contributed by atoms with E-state index in [-0.39, 0.29) is 5.41 Å². The van der Waals surface area contributed by atoms with Gasteiger partial charge in [-0.3, -0.25) is 0 Å². The summed E-state index contributed by atoms with van der Waals surface area (Å²) in [5, 5.41) is 2.69. The Kier molecular flexibility index (Phi) is 5.93. The largest absolute Gasteiger partial charge is 0.489 e. The summed E-state index contributed by atoms with van der Waals surface area (Å²) in [4.78, 5) is 0. The molecule has 0 amide bonds. The summed E-state index contributed by atoms with van der Waals surface area (Å²) in [7, 11) is -2.91. The van der Waals surface area contributed by atoms with Crippen molar-refractivity contribution < 1.29 is 4.74 Å². The van der Waals surface area contributed by atoms with Gasteiger partial charge in [0.05, 0.1) is 8.80 Å². The lowest BCUT2D eigenvalue weighted by atomic mass is 9.86. The molecule has 118 valence electrons. The Morgan fingerprint density at radius 2 is 1.86 bits per heavy atom. The van der Waals surface area contributed by atoms with Gasteiger partial charge in [-0.1, -0.05) is 76.9 Å². The summed E-state index contributed by atoms with van der Waals surface area (Å²) in [5.74, 6) is 1.02. The Morgan fingerprint density at radius 3 is 2.24 bits per heavy atom. The number of hydrogen-bond donors (Lipinski definition) is 0. The van der Waals surface area contributed by atoms with Crippen molar-refractivity contribution in [3.8, 4) is 5.75 Å². The van der Waals surface area contributed by atoms with Crippen LogP contribution in [-0.2, 0) is 5.41 Å². The van der Waals surface area contributed by atoms with E-state index in [0.29, 0.717) is 6.61 Å². The van der Waals surface area contributed by atoms with Crippen LogP contribution in [0.25, 0.3) is 0 Å². The minimum Gasteiger partial charge on any atom is -0.489 e. The smallest absolute Gasteiger partial charge is 0.185 e. The first-order chi connectivity index (χ1) is 9.50. The summed E-state index contributed by atoms with van der Waals surface area (Å²) in [6.07, 6.45) is 1.80. The molecule has 0 aliphatic heterocycles. The third-order valence-electron chi connectivity index (χ3n) is 3.55. The van der Waals surface area contributed by atoms with Gasteiger partial charge in [-0.25, -0.2) is 0 Å². The molecule has 0 saturated carbocycles. The molecule has 21 heavy (non-hydrogen) atoms. The van der Waals surface area contributed by atoms with Gasteiger partial charge in [0.25, 0.3) is 0 Å². The molecule has 1 rings (SSSR count). The molecule has 0 radical (unpaired) electrons. The molecule has 0 heterocycles. The summed E-state index contributed by atoms with van der Waals surface area (Å²) in [5.41, 5.74) is 1.40. The number of benzene rings is 1. The molecule has 0 aliphatic carbocycles. The molecule has 0 aliphatic rings. The fourth-order valence-corrected chi connectivity index (χ4v) is 5.90. The molecular formula is C17H29ClOSi2. The first-order valence-corrected chi connectivity index (χ1v) is 14.5. The van der Waals surface area contributed by atoms with E-state index in [1.165, 1.54) is 15.9 Å². The number of halogens is 1. The standard InChI is InChI=1S/C17H29ClOSi2/c1-9-12-19-16-14(21(7,8)18)11-10-13(20(5)6)15(16)17(2,3)4/h9-11,20H,1,12H2,2-8H3. The Bertz CT molecular complexity index is 511. The van der Waals surface area contributed by atoms with Crippen LogP contribution < -0.4 is 15.1 Å². The molecule has 1 nitrogen and oxygen atoms in total. The van der Waals surface area contributed by atoms with Crippen molar-refractivity contribution in [2.45, 2.75) is 52.4 Å². The maximum Gasteiger partial charge on any atom is 0.185 e. The van der Waals surface area contributed by atoms with E-state index >= 15 is 0 Å². The third-order valence-corrected chi connectivity index (χ3v) is 7.56. The molecule has 0 atom stereocenters.